The lowest BCUT2D eigenvalue weighted by atomic mass is 10.1. The van der Waals surface area contributed by atoms with Crippen LogP contribution in [-0.4, -0.2) is 52.8 Å². The van der Waals surface area contributed by atoms with Crippen molar-refractivity contribution in [3.05, 3.63) is 59.7 Å². The van der Waals surface area contributed by atoms with Gasteiger partial charge in [-0.2, -0.15) is 0 Å². The van der Waals surface area contributed by atoms with Gasteiger partial charge in [-0.15, -0.1) is 0 Å². The number of para-hydroxylation sites is 1. The summed E-state index contributed by atoms with van der Waals surface area (Å²) in [5, 5.41) is 5.25. The Balaban J connectivity index is 2.25. The Morgan fingerprint density at radius 1 is 1.12 bits per heavy atom. The molecule has 0 fully saturated rings. The maximum Gasteiger partial charge on any atom is 0.253 e. The van der Waals surface area contributed by atoms with Gasteiger partial charge in [-0.25, -0.2) is 17.2 Å². The molecule has 2 aromatic carbocycles. The van der Waals surface area contributed by atoms with E-state index < -0.39 is 39.5 Å². The van der Waals surface area contributed by atoms with Crippen LogP contribution in [-0.2, 0) is 19.6 Å². The SMILES string of the molecule is COCCCNC(=O)c1ccccc1NC(=O)[C@H](C)N(c1ccc(F)c(F)c1)S(C)(=O)=O. The maximum absolute atomic E-state index is 13.7. The second-order valence-corrected chi connectivity index (χ2v) is 8.83. The topological polar surface area (TPSA) is 105 Å². The molecular weight excluding hydrogens is 444 g/mol. The van der Waals surface area contributed by atoms with Gasteiger partial charge in [0.2, 0.25) is 15.9 Å². The first kappa shape index (κ1) is 25.2. The van der Waals surface area contributed by atoms with Gasteiger partial charge in [-0.3, -0.25) is 13.9 Å². The van der Waals surface area contributed by atoms with E-state index in [1.807, 2.05) is 0 Å². The highest BCUT2D eigenvalue weighted by atomic mass is 32.2. The van der Waals surface area contributed by atoms with Crippen molar-refractivity contribution in [2.24, 2.45) is 0 Å². The largest absolute Gasteiger partial charge is 0.385 e. The number of benzene rings is 2. The number of hydrogen-bond acceptors (Lipinski definition) is 5. The summed E-state index contributed by atoms with van der Waals surface area (Å²) in [5.74, 6) is -3.59. The summed E-state index contributed by atoms with van der Waals surface area (Å²) in [7, 11) is -2.49. The van der Waals surface area contributed by atoms with E-state index in [2.05, 4.69) is 10.6 Å². The Morgan fingerprint density at radius 2 is 1.81 bits per heavy atom. The summed E-state index contributed by atoms with van der Waals surface area (Å²) in [6.07, 6.45) is 1.45. The quantitative estimate of drug-likeness (QED) is 0.521. The molecule has 0 aliphatic carbocycles. The summed E-state index contributed by atoms with van der Waals surface area (Å²) < 4.78 is 57.2. The van der Waals surface area contributed by atoms with Crippen molar-refractivity contribution >= 4 is 33.2 Å². The van der Waals surface area contributed by atoms with Gasteiger partial charge < -0.3 is 15.4 Å². The summed E-state index contributed by atoms with van der Waals surface area (Å²) in [4.78, 5) is 25.3. The predicted octanol–water partition coefficient (Wildman–Crippen LogP) is 2.52. The zero-order chi connectivity index (χ0) is 23.9. The molecular formula is C21H25F2N3O5S. The number of ether oxygens (including phenoxy) is 1. The first-order valence-electron chi connectivity index (χ1n) is 9.67. The van der Waals surface area contributed by atoms with Crippen LogP contribution in [0.2, 0.25) is 0 Å². The molecule has 0 aromatic heterocycles. The van der Waals surface area contributed by atoms with Gasteiger partial charge in [-0.05, 0) is 37.6 Å². The standard InChI is InChI=1S/C21H25F2N3O5S/c1-14(26(32(3,29)30)15-9-10-17(22)18(23)13-15)20(27)25-19-8-5-4-7-16(19)21(28)24-11-6-12-31-2/h4-5,7-10,13-14H,6,11-12H2,1-3H3,(H,24,28)(H,25,27)/t14-/m0/s1. The van der Waals surface area contributed by atoms with Crippen molar-refractivity contribution in [2.75, 3.05) is 36.1 Å². The number of carbonyl (C=O) groups excluding carboxylic acids is 2. The summed E-state index contributed by atoms with van der Waals surface area (Å²) >= 11 is 0. The Bertz CT molecular complexity index is 1080. The molecule has 2 N–H and O–H groups in total. The zero-order valence-corrected chi connectivity index (χ0v) is 18.7. The number of anilines is 2. The molecule has 0 saturated heterocycles. The van der Waals surface area contributed by atoms with Crippen LogP contribution in [0, 0.1) is 11.6 Å². The molecule has 11 heteroatoms. The molecule has 0 radical (unpaired) electrons. The number of hydrogen-bond donors (Lipinski definition) is 2. The van der Waals surface area contributed by atoms with Crippen LogP contribution in [0.1, 0.15) is 23.7 Å². The first-order valence-corrected chi connectivity index (χ1v) is 11.5. The molecule has 32 heavy (non-hydrogen) atoms. The molecule has 0 spiro atoms. The van der Waals surface area contributed by atoms with Crippen molar-refractivity contribution in [1.29, 1.82) is 0 Å². The molecule has 1 atom stereocenters. The summed E-state index contributed by atoms with van der Waals surface area (Å²) in [5.41, 5.74) is 0.148. The number of nitrogens with zero attached hydrogens (tertiary/aromatic N) is 1. The smallest absolute Gasteiger partial charge is 0.253 e. The van der Waals surface area contributed by atoms with Crippen LogP contribution >= 0.6 is 0 Å². The van der Waals surface area contributed by atoms with Gasteiger partial charge in [0.05, 0.1) is 23.2 Å². The van der Waals surface area contributed by atoms with E-state index in [4.69, 9.17) is 4.74 Å². The highest BCUT2D eigenvalue weighted by Crippen LogP contribution is 2.24. The van der Waals surface area contributed by atoms with Gasteiger partial charge in [0, 0.05) is 26.3 Å². The Kier molecular flexibility index (Phi) is 8.67. The van der Waals surface area contributed by atoms with Gasteiger partial charge in [0.15, 0.2) is 11.6 Å². The van der Waals surface area contributed by atoms with Crippen LogP contribution in [0.3, 0.4) is 0 Å². The number of halogens is 2. The van der Waals surface area contributed by atoms with E-state index in [1.54, 1.807) is 19.2 Å². The average molecular weight is 470 g/mol. The zero-order valence-electron chi connectivity index (χ0n) is 17.9. The van der Waals surface area contributed by atoms with E-state index in [1.165, 1.54) is 19.1 Å². The van der Waals surface area contributed by atoms with Crippen molar-refractivity contribution < 1.29 is 31.5 Å². The Labute approximate surface area is 185 Å². The molecule has 2 rings (SSSR count). The molecule has 0 unspecified atom stereocenters. The average Bonchev–Trinajstić information content (AvgIpc) is 2.73. The number of rotatable bonds is 10. The van der Waals surface area contributed by atoms with Crippen LogP contribution < -0.4 is 14.9 Å². The molecule has 0 aliphatic heterocycles. The molecule has 0 saturated carbocycles. The predicted molar refractivity (Wildman–Crippen MR) is 117 cm³/mol. The van der Waals surface area contributed by atoms with Gasteiger partial charge in [0.1, 0.15) is 6.04 Å². The summed E-state index contributed by atoms with van der Waals surface area (Å²) in [6.45, 7) is 2.13. The molecule has 2 aromatic rings. The number of nitrogens with one attached hydrogen (secondary N) is 2. The highest BCUT2D eigenvalue weighted by molar-refractivity contribution is 7.92. The summed E-state index contributed by atoms with van der Waals surface area (Å²) in [6, 6.07) is 7.43. The second-order valence-electron chi connectivity index (χ2n) is 6.97. The molecule has 174 valence electrons. The van der Waals surface area contributed by atoms with Crippen molar-refractivity contribution in [3.63, 3.8) is 0 Å². The van der Waals surface area contributed by atoms with Crippen molar-refractivity contribution in [2.45, 2.75) is 19.4 Å². The van der Waals surface area contributed by atoms with Crippen LogP contribution in [0.4, 0.5) is 20.2 Å². The van der Waals surface area contributed by atoms with Crippen LogP contribution in [0.5, 0.6) is 0 Å². The van der Waals surface area contributed by atoms with Crippen molar-refractivity contribution in [1.82, 2.24) is 5.32 Å². The highest BCUT2D eigenvalue weighted by Gasteiger charge is 2.30. The Hall–Kier alpha value is -3.05. The van der Waals surface area contributed by atoms with E-state index in [0.717, 1.165) is 18.4 Å². The third kappa shape index (κ3) is 6.47. The Morgan fingerprint density at radius 3 is 2.44 bits per heavy atom. The van der Waals surface area contributed by atoms with Gasteiger partial charge >= 0.3 is 0 Å². The first-order chi connectivity index (χ1) is 15.1. The lowest BCUT2D eigenvalue weighted by Crippen LogP contribution is -2.45. The van der Waals surface area contributed by atoms with Gasteiger partial charge in [0.25, 0.3) is 5.91 Å². The lowest BCUT2D eigenvalue weighted by molar-refractivity contribution is -0.116. The lowest BCUT2D eigenvalue weighted by Gasteiger charge is -2.28. The second kappa shape index (κ2) is 11.0. The minimum Gasteiger partial charge on any atom is -0.385 e. The fourth-order valence-corrected chi connectivity index (χ4v) is 4.14. The molecule has 0 heterocycles. The number of amides is 2. The van der Waals surface area contributed by atoms with E-state index >= 15 is 0 Å². The fourth-order valence-electron chi connectivity index (χ4n) is 2.97. The molecule has 2 amide bonds. The third-order valence-corrected chi connectivity index (χ3v) is 5.73. The van der Waals surface area contributed by atoms with E-state index in [9.17, 15) is 26.8 Å². The fraction of sp³-hybridized carbons (Fsp3) is 0.333. The molecule has 8 nitrogen and oxygen atoms in total. The number of carbonyl (C=O) groups is 2. The van der Waals surface area contributed by atoms with Gasteiger partial charge in [-0.1, -0.05) is 12.1 Å². The number of methoxy groups -OCH3 is 1. The molecule has 0 bridgehead atoms. The minimum atomic E-state index is -4.04. The van der Waals surface area contributed by atoms with Crippen LogP contribution in [0.15, 0.2) is 42.5 Å². The third-order valence-electron chi connectivity index (χ3n) is 4.49. The molecule has 0 aliphatic rings. The monoisotopic (exact) mass is 469 g/mol. The normalized spacial score (nSPS) is 12.2. The van der Waals surface area contributed by atoms with Crippen molar-refractivity contribution in [3.8, 4) is 0 Å². The van der Waals surface area contributed by atoms with E-state index in [0.29, 0.717) is 29.9 Å². The maximum atomic E-state index is 13.7. The number of sulfonamides is 1. The van der Waals surface area contributed by atoms with E-state index in [-0.39, 0.29) is 16.9 Å². The van der Waals surface area contributed by atoms with Crippen LogP contribution in [0.25, 0.3) is 0 Å². The minimum absolute atomic E-state index is 0.173.